The first kappa shape index (κ1) is 22.9. The van der Waals surface area contributed by atoms with Gasteiger partial charge in [0.15, 0.2) is 5.13 Å². The van der Waals surface area contributed by atoms with Gasteiger partial charge in [-0.1, -0.05) is 23.5 Å². The summed E-state index contributed by atoms with van der Waals surface area (Å²) < 4.78 is 35.1. The van der Waals surface area contributed by atoms with Crippen LogP contribution in [0.4, 0.5) is 5.13 Å². The van der Waals surface area contributed by atoms with Crippen molar-refractivity contribution < 1.29 is 17.9 Å². The third-order valence-corrected chi connectivity index (χ3v) is 10.8. The lowest BCUT2D eigenvalue weighted by Gasteiger charge is -2.29. The number of aryl methyl sites for hydroxylation is 2. The zero-order valence-electron chi connectivity index (χ0n) is 18.7. The molecule has 5 rings (SSSR count). The summed E-state index contributed by atoms with van der Waals surface area (Å²) in [5, 5.41) is 2.36. The second-order valence-electron chi connectivity index (χ2n) is 8.72. The predicted molar refractivity (Wildman–Crippen MR) is 132 cm³/mol. The number of thiazole rings is 1. The maximum atomic E-state index is 13.9. The normalized spacial score (nSPS) is 21.8. The van der Waals surface area contributed by atoms with Crippen LogP contribution >= 0.6 is 22.7 Å². The third-order valence-electron chi connectivity index (χ3n) is 6.26. The quantitative estimate of drug-likeness (QED) is 0.498. The van der Waals surface area contributed by atoms with Gasteiger partial charge in [-0.2, -0.15) is 4.31 Å². The molecule has 0 saturated carbocycles. The number of ether oxygens (including phenoxy) is 1. The smallest absolute Gasteiger partial charge is 0.253 e. The van der Waals surface area contributed by atoms with Gasteiger partial charge in [0.2, 0.25) is 5.91 Å². The predicted octanol–water partition coefficient (Wildman–Crippen LogP) is 4.34. The number of rotatable bonds is 6. The van der Waals surface area contributed by atoms with Gasteiger partial charge in [0, 0.05) is 13.2 Å². The van der Waals surface area contributed by atoms with Crippen LogP contribution < -0.4 is 4.90 Å². The lowest BCUT2D eigenvalue weighted by Crippen LogP contribution is -2.49. The summed E-state index contributed by atoms with van der Waals surface area (Å²) in [5.41, 5.74) is 3.12. The number of carbonyl (C=O) groups excluding carboxylic acids is 1. The lowest BCUT2D eigenvalue weighted by atomic mass is 10.1. The topological polar surface area (TPSA) is 79.8 Å². The summed E-state index contributed by atoms with van der Waals surface area (Å²) in [7, 11) is -3.71. The maximum Gasteiger partial charge on any atom is 0.253 e. The van der Waals surface area contributed by atoms with E-state index in [4.69, 9.17) is 9.72 Å². The Kier molecular flexibility index (Phi) is 6.30. The summed E-state index contributed by atoms with van der Waals surface area (Å²) in [6, 6.07) is 6.74. The Labute approximate surface area is 202 Å². The highest BCUT2D eigenvalue weighted by Gasteiger charge is 2.43. The molecule has 2 atom stereocenters. The summed E-state index contributed by atoms with van der Waals surface area (Å²) in [4.78, 5) is 20.4. The van der Waals surface area contributed by atoms with Crippen molar-refractivity contribution in [1.29, 1.82) is 0 Å². The fourth-order valence-corrected chi connectivity index (χ4v) is 8.52. The first-order chi connectivity index (χ1) is 15.8. The van der Waals surface area contributed by atoms with Gasteiger partial charge in [-0.15, -0.1) is 11.3 Å². The first-order valence-electron chi connectivity index (χ1n) is 11.2. The van der Waals surface area contributed by atoms with E-state index >= 15 is 0 Å². The Hall–Kier alpha value is -1.85. The van der Waals surface area contributed by atoms with Crippen LogP contribution in [0.3, 0.4) is 0 Å². The average molecular weight is 506 g/mol. The van der Waals surface area contributed by atoms with Crippen LogP contribution in [0.2, 0.25) is 0 Å². The summed E-state index contributed by atoms with van der Waals surface area (Å²) in [6.07, 6.45) is 2.95. The van der Waals surface area contributed by atoms with Crippen molar-refractivity contribution in [2.45, 2.75) is 55.9 Å². The Morgan fingerprint density at radius 3 is 2.85 bits per heavy atom. The second kappa shape index (κ2) is 9.07. The Morgan fingerprint density at radius 2 is 2.12 bits per heavy atom. The van der Waals surface area contributed by atoms with Gasteiger partial charge >= 0.3 is 0 Å². The van der Waals surface area contributed by atoms with Crippen LogP contribution in [0.15, 0.2) is 33.9 Å². The van der Waals surface area contributed by atoms with E-state index in [1.54, 1.807) is 22.4 Å². The number of hydrogen-bond donors (Lipinski definition) is 0. The Morgan fingerprint density at radius 1 is 1.27 bits per heavy atom. The molecule has 7 nitrogen and oxygen atoms in total. The van der Waals surface area contributed by atoms with Crippen molar-refractivity contribution in [1.82, 2.24) is 9.29 Å². The molecule has 3 aromatic rings. The van der Waals surface area contributed by atoms with Gasteiger partial charge in [-0.3, -0.25) is 9.69 Å². The number of fused-ring (bicyclic) bond motifs is 1. The largest absolute Gasteiger partial charge is 0.376 e. The highest BCUT2D eigenvalue weighted by molar-refractivity contribution is 7.91. The van der Waals surface area contributed by atoms with Gasteiger partial charge in [-0.05, 0) is 68.2 Å². The van der Waals surface area contributed by atoms with E-state index in [1.807, 2.05) is 13.0 Å². The minimum atomic E-state index is -3.71. The molecular formula is C23H27N3O4S3. The molecular weight excluding hydrogens is 478 g/mol. The number of nitrogens with zero attached hydrogens (tertiary/aromatic N) is 3. The monoisotopic (exact) mass is 505 g/mol. The number of benzene rings is 1. The molecule has 4 heterocycles. The van der Waals surface area contributed by atoms with Crippen LogP contribution in [0.1, 0.15) is 36.8 Å². The van der Waals surface area contributed by atoms with E-state index in [0.29, 0.717) is 37.7 Å². The number of hydrogen-bond acceptors (Lipinski definition) is 7. The van der Waals surface area contributed by atoms with Gasteiger partial charge in [0.1, 0.15) is 10.3 Å². The van der Waals surface area contributed by atoms with Gasteiger partial charge in [0.05, 0.1) is 22.9 Å². The molecule has 0 spiro atoms. The van der Waals surface area contributed by atoms with Gasteiger partial charge < -0.3 is 4.74 Å². The molecule has 2 saturated heterocycles. The van der Waals surface area contributed by atoms with Crippen molar-refractivity contribution in [2.24, 2.45) is 0 Å². The minimum Gasteiger partial charge on any atom is -0.376 e. The molecule has 0 aliphatic carbocycles. The number of aromatic nitrogens is 1. The van der Waals surface area contributed by atoms with E-state index in [0.717, 1.165) is 34.2 Å². The molecule has 176 valence electrons. The minimum absolute atomic E-state index is 0.0625. The fourth-order valence-electron chi connectivity index (χ4n) is 4.72. The van der Waals surface area contributed by atoms with E-state index in [1.165, 1.54) is 27.0 Å². The van der Waals surface area contributed by atoms with Crippen LogP contribution in [0.5, 0.6) is 0 Å². The van der Waals surface area contributed by atoms with Crippen molar-refractivity contribution >= 4 is 54.0 Å². The molecule has 1 aromatic carbocycles. The first-order valence-corrected chi connectivity index (χ1v) is 14.3. The zero-order valence-corrected chi connectivity index (χ0v) is 21.1. The van der Waals surface area contributed by atoms with Crippen LogP contribution in [-0.2, 0) is 19.6 Å². The molecule has 0 bridgehead atoms. The van der Waals surface area contributed by atoms with Crippen molar-refractivity contribution in [3.63, 3.8) is 0 Å². The zero-order chi connectivity index (χ0) is 23.2. The second-order valence-corrected chi connectivity index (χ2v) is 12.8. The highest BCUT2D eigenvalue weighted by atomic mass is 32.2. The number of anilines is 1. The van der Waals surface area contributed by atoms with Crippen LogP contribution in [-0.4, -0.2) is 55.5 Å². The van der Waals surface area contributed by atoms with Gasteiger partial charge in [-0.25, -0.2) is 13.4 Å². The summed E-state index contributed by atoms with van der Waals surface area (Å²) in [6.45, 7) is 5.51. The molecule has 33 heavy (non-hydrogen) atoms. The number of sulfonamides is 1. The summed E-state index contributed by atoms with van der Waals surface area (Å²) in [5.74, 6) is -0.212. The van der Waals surface area contributed by atoms with Crippen LogP contribution in [0.25, 0.3) is 10.2 Å². The Bertz CT molecular complexity index is 1260. The van der Waals surface area contributed by atoms with E-state index < -0.39 is 16.1 Å². The summed E-state index contributed by atoms with van der Waals surface area (Å²) >= 11 is 2.67. The standard InChI is InChI=1S/C23H27N3O4S3/c1-15-12-16(2)21-18(13-15)24-23(32-21)25(14-17-6-4-10-30-17)22(27)19-7-3-9-26(19)33(28,29)20-8-5-11-31-20/h5,8,11-13,17,19H,3-4,6-7,9-10,14H2,1-2H3. The van der Waals surface area contributed by atoms with Crippen molar-refractivity contribution in [3.05, 3.63) is 40.8 Å². The molecule has 2 unspecified atom stereocenters. The van der Waals surface area contributed by atoms with E-state index in [9.17, 15) is 13.2 Å². The van der Waals surface area contributed by atoms with Crippen LogP contribution in [0, 0.1) is 13.8 Å². The van der Waals surface area contributed by atoms with Crippen molar-refractivity contribution in [2.75, 3.05) is 24.6 Å². The van der Waals surface area contributed by atoms with Crippen molar-refractivity contribution in [3.8, 4) is 0 Å². The SMILES string of the molecule is Cc1cc(C)c2sc(N(CC3CCCO3)C(=O)C3CCCN3S(=O)(=O)c3cccs3)nc2c1. The molecule has 0 radical (unpaired) electrons. The molecule has 0 N–H and O–H groups in total. The number of amides is 1. The highest BCUT2D eigenvalue weighted by Crippen LogP contribution is 2.35. The molecule has 1 amide bonds. The maximum absolute atomic E-state index is 13.9. The molecule has 2 fully saturated rings. The molecule has 10 heteroatoms. The third kappa shape index (κ3) is 4.35. The molecule has 2 aromatic heterocycles. The Balaban J connectivity index is 1.51. The number of thiophene rings is 1. The molecule has 2 aliphatic rings. The fraction of sp³-hybridized carbons (Fsp3) is 0.478. The van der Waals surface area contributed by atoms with E-state index in [2.05, 4.69) is 13.0 Å². The van der Waals surface area contributed by atoms with Gasteiger partial charge in [0.25, 0.3) is 10.0 Å². The average Bonchev–Trinajstić information content (AvgIpc) is 3.57. The van der Waals surface area contributed by atoms with E-state index in [-0.39, 0.29) is 16.2 Å². The number of carbonyl (C=O) groups is 1. The molecule has 2 aliphatic heterocycles. The lowest BCUT2D eigenvalue weighted by molar-refractivity contribution is -0.122.